The predicted octanol–water partition coefficient (Wildman–Crippen LogP) is 7.61. The summed E-state index contributed by atoms with van der Waals surface area (Å²) in [5, 5.41) is 27.0. The summed E-state index contributed by atoms with van der Waals surface area (Å²) in [4.78, 5) is 33.5. The molecule has 1 atom stereocenters. The van der Waals surface area contributed by atoms with Gasteiger partial charge in [0.15, 0.2) is 5.75 Å². The third-order valence-electron chi connectivity index (χ3n) is 10.9. The van der Waals surface area contributed by atoms with Gasteiger partial charge < -0.3 is 34.1 Å². The van der Waals surface area contributed by atoms with Crippen molar-refractivity contribution < 1.29 is 33.4 Å². The fraction of sp³-hybridized carbons (Fsp3) is 0.304. The van der Waals surface area contributed by atoms with Crippen molar-refractivity contribution in [3.63, 3.8) is 0 Å². The quantitative estimate of drug-likeness (QED) is 0.0987. The first kappa shape index (κ1) is 41.8. The molecule has 61 heavy (non-hydrogen) atoms. The highest BCUT2D eigenvalue weighted by Gasteiger charge is 2.34. The lowest BCUT2D eigenvalue weighted by molar-refractivity contribution is -0.138. The molecule has 2 saturated heterocycles. The Morgan fingerprint density at radius 2 is 1.59 bits per heavy atom. The number of carbonyl (C=O) groups excluding carboxylic acids is 2. The van der Waals surface area contributed by atoms with Crippen LogP contribution in [0.25, 0.3) is 20.5 Å². The first-order valence-electron chi connectivity index (χ1n) is 20.3. The van der Waals surface area contributed by atoms with Gasteiger partial charge in [0.1, 0.15) is 42.3 Å². The molecule has 4 heterocycles. The van der Waals surface area contributed by atoms with Gasteiger partial charge in [-0.2, -0.15) is 5.26 Å². The van der Waals surface area contributed by atoms with Crippen LogP contribution in [-0.2, 0) is 22.6 Å². The maximum Gasteiger partial charge on any atom is 0.254 e. The summed E-state index contributed by atoms with van der Waals surface area (Å²) in [6.07, 6.45) is 1.34. The number of hydrogen-bond donors (Lipinski definition) is 2. The third-order valence-corrected chi connectivity index (χ3v) is 12.6. The summed E-state index contributed by atoms with van der Waals surface area (Å²) in [6, 6.07) is 31.4. The number of nitriles is 1. The number of hydrogen-bond acceptors (Lipinski definition) is 12. The van der Waals surface area contributed by atoms with Gasteiger partial charge in [-0.05, 0) is 95.9 Å². The molecule has 0 saturated carbocycles. The van der Waals surface area contributed by atoms with Gasteiger partial charge in [0.2, 0.25) is 11.8 Å². The number of thiophene rings is 1. The normalized spacial score (nSPS) is 15.7. The molecule has 0 spiro atoms. The minimum absolute atomic E-state index is 0.00366. The molecule has 0 bridgehead atoms. The monoisotopic (exact) mass is 904 g/mol. The number of phenols is 1. The van der Waals surface area contributed by atoms with E-state index >= 15 is 0 Å². The van der Waals surface area contributed by atoms with E-state index in [0.29, 0.717) is 55.7 Å². The Kier molecular flexibility index (Phi) is 13.5. The summed E-state index contributed by atoms with van der Waals surface area (Å²) in [7, 11) is 0. The van der Waals surface area contributed by atoms with E-state index in [1.165, 1.54) is 0 Å². The number of nitrogens with one attached hydrogen (secondary N) is 1. The molecule has 2 aliphatic rings. The molecular weight excluding hydrogens is 861 g/mol. The minimum atomic E-state index is -0.535. The van der Waals surface area contributed by atoms with Crippen LogP contribution in [0.2, 0.25) is 0 Å². The Morgan fingerprint density at radius 3 is 2.31 bits per heavy atom. The average Bonchev–Trinajstić information content (AvgIpc) is 4.04. The molecule has 314 valence electrons. The standard InChI is InChI=1S/C46H45BrN6O7S/c47-34-9-7-33(8-10-34)45-44(39-16-11-35(54)26-41(39)61-45)59-37-14-12-36(13-15-37)57-24-22-51-18-20-52(21-19-51)23-25-58-42-27-38(60-50-42)28-43(55)53-17-1-2-40(53)46(56)49-30-32-5-3-31(29-48)4-6-32/h3-16,26-27,40,54H,1-2,17-25,28,30H2,(H,49,56)/t40-/m0/s1. The van der Waals surface area contributed by atoms with Gasteiger partial charge in [-0.1, -0.05) is 40.2 Å². The van der Waals surface area contributed by atoms with E-state index in [9.17, 15) is 14.7 Å². The zero-order chi connectivity index (χ0) is 42.1. The molecule has 4 aromatic carbocycles. The smallest absolute Gasteiger partial charge is 0.254 e. The fourth-order valence-corrected chi connectivity index (χ4v) is 8.96. The third kappa shape index (κ3) is 10.7. The lowest BCUT2D eigenvalue weighted by Crippen LogP contribution is -2.48. The van der Waals surface area contributed by atoms with Crippen molar-refractivity contribution in [2.45, 2.75) is 31.8 Å². The van der Waals surface area contributed by atoms with Gasteiger partial charge in [0.05, 0.1) is 22.9 Å². The molecule has 6 aromatic rings. The second-order valence-electron chi connectivity index (χ2n) is 15.0. The van der Waals surface area contributed by atoms with Crippen molar-refractivity contribution in [2.24, 2.45) is 0 Å². The molecule has 2 amide bonds. The Labute approximate surface area is 366 Å². The second-order valence-corrected chi connectivity index (χ2v) is 16.9. The Morgan fingerprint density at radius 1 is 0.885 bits per heavy atom. The summed E-state index contributed by atoms with van der Waals surface area (Å²) >= 11 is 5.10. The van der Waals surface area contributed by atoms with Gasteiger partial charge in [-0.3, -0.25) is 19.4 Å². The number of benzene rings is 4. The van der Waals surface area contributed by atoms with Gasteiger partial charge in [0.25, 0.3) is 5.88 Å². The lowest BCUT2D eigenvalue weighted by Gasteiger charge is -2.34. The van der Waals surface area contributed by atoms with Crippen LogP contribution in [0.3, 0.4) is 0 Å². The van der Waals surface area contributed by atoms with Crippen molar-refractivity contribution in [3.8, 4) is 45.4 Å². The highest BCUT2D eigenvalue weighted by Crippen LogP contribution is 2.47. The van der Waals surface area contributed by atoms with Crippen LogP contribution in [0.1, 0.15) is 29.7 Å². The number of fused-ring (bicyclic) bond motifs is 1. The van der Waals surface area contributed by atoms with Gasteiger partial charge in [-0.15, -0.1) is 11.3 Å². The zero-order valence-corrected chi connectivity index (χ0v) is 35.8. The topological polar surface area (TPSA) is 154 Å². The van der Waals surface area contributed by atoms with Gasteiger partial charge in [0, 0.05) is 73.0 Å². The molecule has 2 fully saturated rings. The van der Waals surface area contributed by atoms with E-state index < -0.39 is 6.04 Å². The first-order chi connectivity index (χ1) is 29.8. The number of nitrogens with zero attached hydrogens (tertiary/aromatic N) is 5. The fourth-order valence-electron chi connectivity index (χ4n) is 7.52. The van der Waals surface area contributed by atoms with Crippen LogP contribution in [0, 0.1) is 11.3 Å². The molecule has 13 nitrogen and oxygen atoms in total. The highest BCUT2D eigenvalue weighted by atomic mass is 79.9. The SMILES string of the molecule is N#Cc1ccc(CNC(=O)[C@@H]2CCCN2C(=O)Cc2cc(OCCN3CCN(CCOc4ccc(Oc5c(-c6ccc(Br)cc6)sc6cc(O)ccc56)cc4)CC3)no2)cc1. The minimum Gasteiger partial charge on any atom is -0.508 e. The number of phenolic OH excluding ortho intramolecular Hbond substituents is 1. The molecule has 0 unspecified atom stereocenters. The number of aromatic hydroxyl groups is 1. The van der Waals surface area contributed by atoms with Crippen molar-refractivity contribution >= 4 is 49.2 Å². The number of rotatable bonds is 16. The van der Waals surface area contributed by atoms with Crippen LogP contribution in [-0.4, -0.2) is 102 Å². The van der Waals surface area contributed by atoms with E-state index in [4.69, 9.17) is 24.0 Å². The maximum absolute atomic E-state index is 13.2. The van der Waals surface area contributed by atoms with E-state index in [1.54, 1.807) is 46.6 Å². The van der Waals surface area contributed by atoms with Crippen LogP contribution >= 0.6 is 27.3 Å². The van der Waals surface area contributed by atoms with Crippen molar-refractivity contribution in [2.75, 3.05) is 59.0 Å². The first-order valence-corrected chi connectivity index (χ1v) is 21.9. The number of likely N-dealkylation sites (tertiary alicyclic amines) is 1. The Balaban J connectivity index is 0.726. The van der Waals surface area contributed by atoms with E-state index in [0.717, 1.165) is 87.8 Å². The van der Waals surface area contributed by atoms with Crippen molar-refractivity contribution in [3.05, 3.63) is 118 Å². The van der Waals surface area contributed by atoms with Gasteiger partial charge in [-0.25, -0.2) is 0 Å². The molecule has 0 radical (unpaired) electrons. The summed E-state index contributed by atoms with van der Waals surface area (Å²) in [5.41, 5.74) is 2.48. The molecule has 15 heteroatoms. The highest BCUT2D eigenvalue weighted by molar-refractivity contribution is 9.10. The summed E-state index contributed by atoms with van der Waals surface area (Å²) in [5.74, 6) is 2.80. The van der Waals surface area contributed by atoms with Crippen LogP contribution in [0.5, 0.6) is 28.9 Å². The largest absolute Gasteiger partial charge is 0.508 e. The average molecular weight is 906 g/mol. The predicted molar refractivity (Wildman–Crippen MR) is 235 cm³/mol. The van der Waals surface area contributed by atoms with E-state index in [2.05, 4.69) is 54.4 Å². The number of aromatic nitrogens is 1. The molecular formula is C46H45BrN6O7S. The zero-order valence-electron chi connectivity index (χ0n) is 33.4. The number of piperazine rings is 1. The second kappa shape index (κ2) is 19.6. The lowest BCUT2D eigenvalue weighted by atomic mass is 10.1. The van der Waals surface area contributed by atoms with E-state index in [-0.39, 0.29) is 24.0 Å². The molecule has 2 aromatic heterocycles. The molecule has 2 N–H and O–H groups in total. The number of amides is 2. The number of ether oxygens (including phenoxy) is 3. The van der Waals surface area contributed by atoms with Crippen molar-refractivity contribution in [1.29, 1.82) is 5.26 Å². The van der Waals surface area contributed by atoms with Gasteiger partial charge >= 0.3 is 0 Å². The molecule has 8 rings (SSSR count). The van der Waals surface area contributed by atoms with Crippen molar-refractivity contribution in [1.82, 2.24) is 25.2 Å². The number of carbonyl (C=O) groups is 2. The Bertz CT molecular complexity index is 2480. The van der Waals surface area contributed by atoms with Crippen LogP contribution in [0.4, 0.5) is 0 Å². The van der Waals surface area contributed by atoms with Crippen LogP contribution < -0.4 is 19.5 Å². The number of halogens is 1. The summed E-state index contributed by atoms with van der Waals surface area (Å²) in [6.45, 7) is 7.05. The summed E-state index contributed by atoms with van der Waals surface area (Å²) < 4.78 is 25.8. The van der Waals surface area contributed by atoms with Crippen LogP contribution in [0.15, 0.2) is 106 Å². The molecule has 2 aliphatic heterocycles. The maximum atomic E-state index is 13.2. The molecule has 0 aliphatic carbocycles. The Hall–Kier alpha value is -5.92. The van der Waals surface area contributed by atoms with E-state index in [1.807, 2.05) is 54.6 Å².